The van der Waals surface area contributed by atoms with Gasteiger partial charge in [-0.15, -0.1) is 11.8 Å². The summed E-state index contributed by atoms with van der Waals surface area (Å²) in [5.74, 6) is -0.0138. The first kappa shape index (κ1) is 32.8. The molecule has 0 spiro atoms. The second kappa shape index (κ2) is 16.6. The van der Waals surface area contributed by atoms with E-state index >= 15 is 0 Å². The quantitative estimate of drug-likeness (QED) is 0.161. The molecule has 8 nitrogen and oxygen atoms in total. The number of carbonyl (C=O) groups excluding carboxylic acids is 2. The minimum absolute atomic E-state index is 0.0165. The van der Waals surface area contributed by atoms with Gasteiger partial charge in [-0.2, -0.15) is 5.26 Å². The summed E-state index contributed by atoms with van der Waals surface area (Å²) in [6.45, 7) is 1.52. The van der Waals surface area contributed by atoms with E-state index in [1.807, 2.05) is 103 Å². The Balaban J connectivity index is 1.27. The molecule has 4 aromatic carbocycles. The molecule has 0 aliphatic carbocycles. The number of hydrogen-bond acceptors (Lipinski definition) is 7. The van der Waals surface area contributed by atoms with E-state index in [9.17, 15) is 14.9 Å². The van der Waals surface area contributed by atoms with Crippen molar-refractivity contribution in [1.29, 1.82) is 5.26 Å². The number of ether oxygens (including phenoxy) is 2. The molecule has 0 bridgehead atoms. The third-order valence-corrected chi connectivity index (χ3v) is 9.06. The fourth-order valence-corrected chi connectivity index (χ4v) is 6.62. The van der Waals surface area contributed by atoms with Crippen LogP contribution in [0.1, 0.15) is 34.6 Å². The zero-order valence-electron chi connectivity index (χ0n) is 25.7. The highest BCUT2D eigenvalue weighted by atomic mass is 32.2. The van der Waals surface area contributed by atoms with E-state index in [2.05, 4.69) is 22.0 Å². The van der Waals surface area contributed by atoms with Gasteiger partial charge in [-0.05, 0) is 53.8 Å². The van der Waals surface area contributed by atoms with Crippen LogP contribution in [-0.4, -0.2) is 56.2 Å². The van der Waals surface area contributed by atoms with E-state index in [1.165, 1.54) is 7.11 Å². The number of aryl methyl sites for hydroxylation is 1. The highest BCUT2D eigenvalue weighted by Gasteiger charge is 2.33. The van der Waals surface area contributed by atoms with E-state index < -0.39 is 18.1 Å². The first-order valence-electron chi connectivity index (χ1n) is 15.4. The van der Waals surface area contributed by atoms with Crippen molar-refractivity contribution >= 4 is 29.4 Å². The molecule has 4 aromatic rings. The van der Waals surface area contributed by atoms with Gasteiger partial charge in [0, 0.05) is 35.3 Å². The standard InChI is InChI=1S/C37H38N4O4S/c1-44-37(43)41-35(34(28-13-4-2-5-14-28)29-15-6-3-7-16-29)36(42)40-33-18-9-8-12-27(33)19-20-30-23-39-24-31(45-30)25-46-32-17-10-11-26(21-32)22-38/h2-18,21,30-31,34-35,39H,19-20,23-25H2,1H3,(H,40,42)(H,41,43)/t30-,31+,35?/m1/s1. The number of nitrogens with one attached hydrogen (secondary N) is 3. The number of amides is 2. The molecule has 0 radical (unpaired) electrons. The Labute approximate surface area is 274 Å². The molecule has 1 aliphatic rings. The molecule has 1 unspecified atom stereocenters. The van der Waals surface area contributed by atoms with E-state index in [-0.39, 0.29) is 18.1 Å². The largest absolute Gasteiger partial charge is 0.453 e. The van der Waals surface area contributed by atoms with Gasteiger partial charge in [-0.25, -0.2) is 4.79 Å². The van der Waals surface area contributed by atoms with Crippen molar-refractivity contribution in [3.05, 3.63) is 131 Å². The van der Waals surface area contributed by atoms with Gasteiger partial charge in [0.15, 0.2) is 0 Å². The van der Waals surface area contributed by atoms with Crippen LogP contribution in [0.3, 0.4) is 0 Å². The van der Waals surface area contributed by atoms with Crippen molar-refractivity contribution < 1.29 is 19.1 Å². The van der Waals surface area contributed by atoms with E-state index in [4.69, 9.17) is 9.47 Å². The fourth-order valence-electron chi connectivity index (χ4n) is 5.66. The number of nitrogens with zero attached hydrogens (tertiary/aromatic N) is 1. The minimum atomic E-state index is -0.941. The number of nitriles is 1. The Bertz CT molecular complexity index is 1590. The van der Waals surface area contributed by atoms with E-state index in [0.717, 1.165) is 46.8 Å². The number of hydrogen-bond donors (Lipinski definition) is 3. The van der Waals surface area contributed by atoms with Crippen LogP contribution >= 0.6 is 11.8 Å². The van der Waals surface area contributed by atoms with Gasteiger partial charge in [0.1, 0.15) is 6.04 Å². The molecule has 1 fully saturated rings. The summed E-state index contributed by atoms with van der Waals surface area (Å²) in [5, 5.41) is 18.6. The van der Waals surface area contributed by atoms with E-state index in [1.54, 1.807) is 17.8 Å². The summed E-state index contributed by atoms with van der Waals surface area (Å²) in [4.78, 5) is 27.6. The number of rotatable bonds is 12. The second-order valence-corrected chi connectivity index (χ2v) is 12.2. The fraction of sp³-hybridized carbons (Fsp3) is 0.270. The lowest BCUT2D eigenvalue weighted by Gasteiger charge is -2.31. The predicted octanol–water partition coefficient (Wildman–Crippen LogP) is 6.14. The number of morpholine rings is 1. The van der Waals surface area contributed by atoms with Gasteiger partial charge in [0.25, 0.3) is 0 Å². The monoisotopic (exact) mass is 634 g/mol. The molecule has 46 heavy (non-hydrogen) atoms. The maximum atomic E-state index is 14.0. The van der Waals surface area contributed by atoms with Crippen molar-refractivity contribution in [1.82, 2.24) is 10.6 Å². The lowest BCUT2D eigenvalue weighted by atomic mass is 9.84. The topological polar surface area (TPSA) is 112 Å². The minimum Gasteiger partial charge on any atom is -0.453 e. The van der Waals surface area contributed by atoms with Gasteiger partial charge in [-0.1, -0.05) is 84.9 Å². The van der Waals surface area contributed by atoms with Crippen molar-refractivity contribution in [3.63, 3.8) is 0 Å². The molecule has 3 atom stereocenters. The van der Waals surface area contributed by atoms with Crippen LogP contribution in [0.4, 0.5) is 10.5 Å². The van der Waals surface area contributed by atoms with Gasteiger partial charge < -0.3 is 25.4 Å². The summed E-state index contributed by atoms with van der Waals surface area (Å²) in [6, 6.07) is 36.0. The van der Waals surface area contributed by atoms with Crippen LogP contribution < -0.4 is 16.0 Å². The summed E-state index contributed by atoms with van der Waals surface area (Å²) in [6.07, 6.45) is 0.844. The van der Waals surface area contributed by atoms with Gasteiger partial charge >= 0.3 is 6.09 Å². The average molecular weight is 635 g/mol. The molecular weight excluding hydrogens is 596 g/mol. The molecule has 5 rings (SSSR count). The zero-order chi connectivity index (χ0) is 32.1. The number of anilines is 1. The number of para-hydroxylation sites is 1. The molecule has 1 aliphatic heterocycles. The lowest BCUT2D eigenvalue weighted by Crippen LogP contribution is -2.48. The van der Waals surface area contributed by atoms with Crippen molar-refractivity contribution in [3.8, 4) is 6.07 Å². The molecule has 2 amide bonds. The maximum absolute atomic E-state index is 14.0. The Morgan fingerprint density at radius 2 is 1.61 bits per heavy atom. The van der Waals surface area contributed by atoms with Gasteiger partial charge in [0.05, 0.1) is 31.0 Å². The Hall–Kier alpha value is -4.62. The zero-order valence-corrected chi connectivity index (χ0v) is 26.5. The summed E-state index contributed by atoms with van der Waals surface area (Å²) < 4.78 is 11.4. The maximum Gasteiger partial charge on any atom is 0.407 e. The molecule has 3 N–H and O–H groups in total. The molecule has 0 aromatic heterocycles. The summed E-state index contributed by atoms with van der Waals surface area (Å²) in [5.41, 5.74) is 4.12. The number of benzene rings is 4. The Morgan fingerprint density at radius 1 is 0.935 bits per heavy atom. The number of methoxy groups -OCH3 is 1. The molecule has 0 saturated carbocycles. The van der Waals surface area contributed by atoms with Crippen LogP contribution in [-0.2, 0) is 20.7 Å². The molecule has 1 heterocycles. The predicted molar refractivity (Wildman–Crippen MR) is 181 cm³/mol. The molecule has 9 heteroatoms. The summed E-state index contributed by atoms with van der Waals surface area (Å²) in [7, 11) is 1.29. The van der Waals surface area contributed by atoms with Crippen molar-refractivity contribution in [2.75, 3.05) is 31.3 Å². The van der Waals surface area contributed by atoms with Crippen LogP contribution in [0, 0.1) is 11.3 Å². The van der Waals surface area contributed by atoms with Crippen LogP contribution in [0.2, 0.25) is 0 Å². The van der Waals surface area contributed by atoms with Gasteiger partial charge in [0.2, 0.25) is 5.91 Å². The third-order valence-electron chi connectivity index (χ3n) is 7.93. The number of alkyl carbamates (subject to hydrolysis) is 1. The highest BCUT2D eigenvalue weighted by molar-refractivity contribution is 7.99. The average Bonchev–Trinajstić information content (AvgIpc) is 3.11. The molecule has 236 valence electrons. The van der Waals surface area contributed by atoms with E-state index in [0.29, 0.717) is 17.7 Å². The molecule has 1 saturated heterocycles. The van der Waals surface area contributed by atoms with Crippen LogP contribution in [0.15, 0.2) is 114 Å². The van der Waals surface area contributed by atoms with Crippen molar-refractivity contribution in [2.45, 2.75) is 41.9 Å². The van der Waals surface area contributed by atoms with Crippen molar-refractivity contribution in [2.24, 2.45) is 0 Å². The normalized spacial score (nSPS) is 16.6. The second-order valence-electron chi connectivity index (χ2n) is 11.1. The number of carbonyl (C=O) groups is 2. The first-order chi connectivity index (χ1) is 22.5. The Morgan fingerprint density at radius 3 is 2.30 bits per heavy atom. The first-order valence-corrected chi connectivity index (χ1v) is 16.3. The SMILES string of the molecule is COC(=O)NC(C(=O)Nc1ccccc1CC[C@@H]1CNC[C@@H](CSc2cccc(C#N)c2)O1)C(c1ccccc1)c1ccccc1. The summed E-state index contributed by atoms with van der Waals surface area (Å²) >= 11 is 1.69. The third kappa shape index (κ3) is 8.98. The van der Waals surface area contributed by atoms with Crippen LogP contribution in [0.25, 0.3) is 0 Å². The Kier molecular flexibility index (Phi) is 11.8. The number of thioether (sulfide) groups is 1. The van der Waals surface area contributed by atoms with Gasteiger partial charge in [-0.3, -0.25) is 4.79 Å². The highest BCUT2D eigenvalue weighted by Crippen LogP contribution is 2.30. The smallest absolute Gasteiger partial charge is 0.407 e. The lowest BCUT2D eigenvalue weighted by molar-refractivity contribution is -0.118. The van der Waals surface area contributed by atoms with Crippen LogP contribution in [0.5, 0.6) is 0 Å². The molecular formula is C37H38N4O4S.